The van der Waals surface area contributed by atoms with Gasteiger partial charge in [-0.1, -0.05) is 12.1 Å². The predicted molar refractivity (Wildman–Crippen MR) is 78.7 cm³/mol. The first kappa shape index (κ1) is 14.1. The summed E-state index contributed by atoms with van der Waals surface area (Å²) in [5, 5.41) is 11.6. The van der Waals surface area contributed by atoms with Gasteiger partial charge >= 0.3 is 5.97 Å². The fourth-order valence-electron chi connectivity index (χ4n) is 3.83. The van der Waals surface area contributed by atoms with Crippen LogP contribution in [0.3, 0.4) is 0 Å². The van der Waals surface area contributed by atoms with Gasteiger partial charge in [-0.15, -0.1) is 0 Å². The maximum absolute atomic E-state index is 12.4. The Balaban J connectivity index is 1.64. The van der Waals surface area contributed by atoms with Crippen LogP contribution in [-0.2, 0) is 16.0 Å². The highest BCUT2D eigenvalue weighted by atomic mass is 16.4. The minimum absolute atomic E-state index is 0.000634. The molecule has 4 N–H and O–H groups in total. The van der Waals surface area contributed by atoms with Gasteiger partial charge < -0.3 is 16.2 Å². The minimum atomic E-state index is -0.861. The summed E-state index contributed by atoms with van der Waals surface area (Å²) >= 11 is 0. The molecule has 2 saturated carbocycles. The summed E-state index contributed by atoms with van der Waals surface area (Å²) in [7, 11) is 0. The van der Waals surface area contributed by atoms with Crippen molar-refractivity contribution in [2.24, 2.45) is 23.5 Å². The van der Waals surface area contributed by atoms with Crippen molar-refractivity contribution in [1.82, 2.24) is 0 Å². The van der Waals surface area contributed by atoms with Crippen LogP contribution in [-0.4, -0.2) is 23.0 Å². The van der Waals surface area contributed by atoms with E-state index in [2.05, 4.69) is 5.32 Å². The first-order chi connectivity index (χ1) is 10.0. The lowest BCUT2D eigenvalue weighted by Crippen LogP contribution is -2.42. The maximum atomic E-state index is 12.4. The quantitative estimate of drug-likeness (QED) is 0.785. The lowest BCUT2D eigenvalue weighted by atomic mass is 9.84. The fourth-order valence-corrected chi connectivity index (χ4v) is 3.83. The summed E-state index contributed by atoms with van der Waals surface area (Å²) < 4.78 is 0. The van der Waals surface area contributed by atoms with Crippen LogP contribution in [0.2, 0.25) is 0 Å². The summed E-state index contributed by atoms with van der Waals surface area (Å²) in [6.07, 6.45) is 3.33. The summed E-state index contributed by atoms with van der Waals surface area (Å²) in [6.45, 7) is 0. The minimum Gasteiger partial charge on any atom is -0.481 e. The highest BCUT2D eigenvalue weighted by molar-refractivity contribution is 5.93. The van der Waals surface area contributed by atoms with Crippen molar-refractivity contribution in [3.63, 3.8) is 0 Å². The highest BCUT2D eigenvalue weighted by Crippen LogP contribution is 2.47. The first-order valence-electron chi connectivity index (χ1n) is 7.42. The van der Waals surface area contributed by atoms with Gasteiger partial charge in [-0.3, -0.25) is 9.59 Å². The van der Waals surface area contributed by atoms with Crippen molar-refractivity contribution in [1.29, 1.82) is 0 Å². The molecule has 3 rings (SSSR count). The molecule has 0 spiro atoms. The molecule has 1 amide bonds. The van der Waals surface area contributed by atoms with Crippen LogP contribution in [0, 0.1) is 17.8 Å². The van der Waals surface area contributed by atoms with E-state index in [9.17, 15) is 9.59 Å². The van der Waals surface area contributed by atoms with Gasteiger partial charge in [-0.05, 0) is 48.8 Å². The maximum Gasteiger partial charge on any atom is 0.307 e. The number of amides is 1. The average molecular weight is 288 g/mol. The first-order valence-corrected chi connectivity index (χ1v) is 7.42. The number of rotatable bonds is 4. The Bertz CT molecular complexity index is 553. The molecule has 112 valence electrons. The van der Waals surface area contributed by atoms with Crippen LogP contribution in [0.15, 0.2) is 24.3 Å². The molecule has 0 aliphatic heterocycles. The van der Waals surface area contributed by atoms with Gasteiger partial charge in [0, 0.05) is 11.7 Å². The molecule has 21 heavy (non-hydrogen) atoms. The average Bonchev–Trinajstić information content (AvgIpc) is 3.01. The van der Waals surface area contributed by atoms with Crippen molar-refractivity contribution in [2.45, 2.75) is 31.7 Å². The van der Waals surface area contributed by atoms with Crippen molar-refractivity contribution in [2.75, 3.05) is 5.32 Å². The van der Waals surface area contributed by atoms with Gasteiger partial charge in [0.05, 0.1) is 12.3 Å². The second-order valence-corrected chi connectivity index (χ2v) is 6.19. The van der Waals surface area contributed by atoms with E-state index in [4.69, 9.17) is 10.8 Å². The number of fused-ring (bicyclic) bond motifs is 2. The summed E-state index contributed by atoms with van der Waals surface area (Å²) in [5.74, 6) is -0.0113. The molecule has 0 heterocycles. The van der Waals surface area contributed by atoms with Gasteiger partial charge in [0.1, 0.15) is 0 Å². The molecule has 5 heteroatoms. The summed E-state index contributed by atoms with van der Waals surface area (Å²) in [5.41, 5.74) is 7.59. The molecule has 2 aliphatic carbocycles. The van der Waals surface area contributed by atoms with Gasteiger partial charge in [0.25, 0.3) is 0 Å². The molecule has 4 unspecified atom stereocenters. The van der Waals surface area contributed by atoms with E-state index in [-0.39, 0.29) is 24.3 Å². The third kappa shape index (κ3) is 2.78. The van der Waals surface area contributed by atoms with E-state index in [1.54, 1.807) is 24.3 Å². The standard InChI is InChI=1S/C16H20N2O3/c17-15-11-4-3-10(8-11)14(15)16(21)18-12-5-1-9(2-6-12)7-13(19)20/h1-2,5-6,10-11,14-15H,3-4,7-8,17H2,(H,18,21)(H,19,20). The van der Waals surface area contributed by atoms with E-state index in [0.29, 0.717) is 17.5 Å². The summed E-state index contributed by atoms with van der Waals surface area (Å²) in [6, 6.07) is 6.92. The van der Waals surface area contributed by atoms with Crippen molar-refractivity contribution in [3.05, 3.63) is 29.8 Å². The number of hydrogen-bond acceptors (Lipinski definition) is 3. The number of anilines is 1. The number of hydrogen-bond donors (Lipinski definition) is 3. The largest absolute Gasteiger partial charge is 0.481 e. The fraction of sp³-hybridized carbons (Fsp3) is 0.500. The molecular formula is C16H20N2O3. The normalized spacial score (nSPS) is 30.3. The van der Waals surface area contributed by atoms with Crippen LogP contribution in [0.1, 0.15) is 24.8 Å². The molecular weight excluding hydrogens is 268 g/mol. The molecule has 0 saturated heterocycles. The van der Waals surface area contributed by atoms with E-state index in [0.717, 1.165) is 24.8 Å². The van der Waals surface area contributed by atoms with E-state index < -0.39 is 5.97 Å². The number of carboxylic acids is 1. The molecule has 1 aromatic carbocycles. The lowest BCUT2D eigenvalue weighted by Gasteiger charge is -2.27. The Morgan fingerprint density at radius 1 is 1.19 bits per heavy atom. The van der Waals surface area contributed by atoms with Crippen LogP contribution in [0.5, 0.6) is 0 Å². The second kappa shape index (κ2) is 5.48. The Morgan fingerprint density at radius 2 is 1.86 bits per heavy atom. The monoisotopic (exact) mass is 288 g/mol. The smallest absolute Gasteiger partial charge is 0.307 e. The van der Waals surface area contributed by atoms with Gasteiger partial charge in [0.15, 0.2) is 0 Å². The molecule has 2 fully saturated rings. The topological polar surface area (TPSA) is 92.4 Å². The number of benzene rings is 1. The molecule has 0 radical (unpaired) electrons. The molecule has 0 aromatic heterocycles. The van der Waals surface area contributed by atoms with Crippen molar-refractivity contribution < 1.29 is 14.7 Å². The van der Waals surface area contributed by atoms with Gasteiger partial charge in [-0.2, -0.15) is 0 Å². The van der Waals surface area contributed by atoms with Crippen LogP contribution in [0.4, 0.5) is 5.69 Å². The zero-order valence-electron chi connectivity index (χ0n) is 11.8. The predicted octanol–water partition coefficient (Wildman–Crippen LogP) is 1.63. The van der Waals surface area contributed by atoms with Crippen LogP contribution in [0.25, 0.3) is 0 Å². The Morgan fingerprint density at radius 3 is 2.43 bits per heavy atom. The van der Waals surface area contributed by atoms with Crippen LogP contribution < -0.4 is 11.1 Å². The lowest BCUT2D eigenvalue weighted by molar-refractivity contribution is -0.136. The van der Waals surface area contributed by atoms with E-state index >= 15 is 0 Å². The highest BCUT2D eigenvalue weighted by Gasteiger charge is 2.49. The number of carboxylic acid groups (broad SMARTS) is 1. The molecule has 1 aromatic rings. The summed E-state index contributed by atoms with van der Waals surface area (Å²) in [4.78, 5) is 23.0. The number of aliphatic carboxylic acids is 1. The van der Waals surface area contributed by atoms with Crippen molar-refractivity contribution in [3.8, 4) is 0 Å². The number of carbonyl (C=O) groups excluding carboxylic acids is 1. The zero-order chi connectivity index (χ0) is 15.0. The Hall–Kier alpha value is -1.88. The number of nitrogens with one attached hydrogen (secondary N) is 1. The Labute approximate surface area is 123 Å². The van der Waals surface area contributed by atoms with Crippen LogP contribution >= 0.6 is 0 Å². The third-order valence-electron chi connectivity index (χ3n) is 4.86. The third-order valence-corrected chi connectivity index (χ3v) is 4.86. The molecule has 2 bridgehead atoms. The molecule has 4 atom stereocenters. The number of nitrogens with two attached hydrogens (primary N) is 1. The van der Waals surface area contributed by atoms with Gasteiger partial charge in [-0.25, -0.2) is 0 Å². The Kier molecular flexibility index (Phi) is 3.68. The second-order valence-electron chi connectivity index (χ2n) is 6.19. The van der Waals surface area contributed by atoms with Gasteiger partial charge in [0.2, 0.25) is 5.91 Å². The number of carbonyl (C=O) groups is 2. The van der Waals surface area contributed by atoms with Crippen molar-refractivity contribution >= 4 is 17.6 Å². The zero-order valence-corrected chi connectivity index (χ0v) is 11.8. The van der Waals surface area contributed by atoms with E-state index in [1.807, 2.05) is 0 Å². The SMILES string of the molecule is NC1C2CCC(C2)C1C(=O)Nc1ccc(CC(=O)O)cc1. The molecule has 5 nitrogen and oxygen atoms in total. The molecule has 2 aliphatic rings. The van der Waals surface area contributed by atoms with E-state index in [1.165, 1.54) is 0 Å².